The number of carbonyl (C=O) groups excluding carboxylic acids is 2. The molecule has 338 valence electrons. The molecule has 0 aliphatic carbocycles. The summed E-state index contributed by atoms with van der Waals surface area (Å²) in [7, 11) is 7.36. The van der Waals surface area contributed by atoms with E-state index >= 15 is 0 Å². The minimum atomic E-state index is -2.90. The maximum atomic E-state index is 13.8. The maximum absolute atomic E-state index is 13.8. The molecule has 2 unspecified atom stereocenters. The van der Waals surface area contributed by atoms with Crippen molar-refractivity contribution in [3.63, 3.8) is 0 Å². The van der Waals surface area contributed by atoms with Gasteiger partial charge in [-0.1, -0.05) is 84.9 Å². The summed E-state index contributed by atoms with van der Waals surface area (Å²) in [6.45, 7) is -6.28. The molecule has 0 aliphatic heterocycles. The zero-order chi connectivity index (χ0) is 46.9. The van der Waals surface area contributed by atoms with Crippen molar-refractivity contribution in [1.29, 1.82) is 0 Å². The van der Waals surface area contributed by atoms with Crippen molar-refractivity contribution < 1.29 is 63.5 Å². The summed E-state index contributed by atoms with van der Waals surface area (Å²) >= 11 is 5.95. The number of benzene rings is 6. The highest BCUT2D eigenvalue weighted by Crippen LogP contribution is 2.28. The SMILES string of the molecule is O=C(NC(CCl)c1ccc(-c2ccc(OC(F)F)cc2)cc1)c1c(F)cccc1F.O=C(NC(CO)c1ccc(-c2ccc(OC(F)F)cc2)cc1)c1c(F)cccc1F.O=S(Cl)Cl. The first-order valence-corrected chi connectivity index (χ1v) is 21.6. The molecule has 0 radical (unpaired) electrons. The van der Waals surface area contributed by atoms with Gasteiger partial charge >= 0.3 is 13.2 Å². The van der Waals surface area contributed by atoms with Crippen molar-refractivity contribution in [2.24, 2.45) is 0 Å². The average molecular weight is 976 g/mol. The summed E-state index contributed by atoms with van der Waals surface area (Å²) in [5.74, 6) is -5.74. The lowest BCUT2D eigenvalue weighted by atomic mass is 10.0. The van der Waals surface area contributed by atoms with E-state index in [1.54, 1.807) is 72.8 Å². The molecule has 6 aromatic rings. The van der Waals surface area contributed by atoms with E-state index in [2.05, 4.69) is 41.5 Å². The highest BCUT2D eigenvalue weighted by atomic mass is 36.0. The van der Waals surface area contributed by atoms with Crippen LogP contribution in [0.25, 0.3) is 22.3 Å². The number of halogens is 11. The summed E-state index contributed by atoms with van der Waals surface area (Å²) < 4.78 is 122. The number of rotatable bonds is 14. The second-order valence-electron chi connectivity index (χ2n) is 12.8. The van der Waals surface area contributed by atoms with Gasteiger partial charge in [-0.05, 0) is 81.9 Å². The number of ether oxygens (including phenoxy) is 2. The summed E-state index contributed by atoms with van der Waals surface area (Å²) in [6.07, 6.45) is 0. The second-order valence-corrected chi connectivity index (χ2v) is 15.6. The van der Waals surface area contributed by atoms with Gasteiger partial charge in [0.15, 0.2) is 0 Å². The number of aliphatic hydroxyl groups is 1. The molecule has 0 spiro atoms. The molecule has 0 saturated heterocycles. The molecule has 2 amide bonds. The monoisotopic (exact) mass is 974 g/mol. The Hall–Kier alpha value is -5.72. The normalized spacial score (nSPS) is 11.7. The van der Waals surface area contributed by atoms with E-state index in [1.165, 1.54) is 30.3 Å². The fraction of sp³-hybridized carbons (Fsp3) is 0.136. The van der Waals surface area contributed by atoms with E-state index in [0.29, 0.717) is 11.1 Å². The van der Waals surface area contributed by atoms with E-state index in [0.717, 1.165) is 52.6 Å². The van der Waals surface area contributed by atoms with Crippen LogP contribution in [-0.2, 0) is 9.23 Å². The fourth-order valence-corrected chi connectivity index (χ4v) is 6.06. The number of aliphatic hydroxyl groups excluding tert-OH is 1. The van der Waals surface area contributed by atoms with Crippen molar-refractivity contribution in [3.05, 3.63) is 179 Å². The molecule has 20 heteroatoms. The van der Waals surface area contributed by atoms with Crippen LogP contribution in [0.15, 0.2) is 133 Å². The molecule has 2 atom stereocenters. The van der Waals surface area contributed by atoms with Gasteiger partial charge in [0.05, 0.1) is 18.7 Å². The Morgan fingerprint density at radius 1 is 0.531 bits per heavy atom. The molecule has 64 heavy (non-hydrogen) atoms. The molecule has 6 rings (SSSR count). The Kier molecular flexibility index (Phi) is 19.8. The number of nitrogens with one attached hydrogen (secondary N) is 2. The summed E-state index contributed by atoms with van der Waals surface area (Å²) in [4.78, 5) is 24.6. The predicted octanol–water partition coefficient (Wildman–Crippen LogP) is 11.7. The number of alkyl halides is 5. The molecule has 8 nitrogen and oxygen atoms in total. The topological polar surface area (TPSA) is 114 Å². The Morgan fingerprint density at radius 2 is 0.812 bits per heavy atom. The van der Waals surface area contributed by atoms with Crippen LogP contribution in [0.4, 0.5) is 35.1 Å². The van der Waals surface area contributed by atoms with Crippen molar-refractivity contribution in [1.82, 2.24) is 10.6 Å². The van der Waals surface area contributed by atoms with E-state index in [4.69, 9.17) is 15.8 Å². The molecule has 0 bridgehead atoms. The Labute approximate surface area is 377 Å². The first kappa shape index (κ1) is 50.9. The van der Waals surface area contributed by atoms with E-state index < -0.39 is 87.4 Å². The molecule has 0 saturated carbocycles. The van der Waals surface area contributed by atoms with Gasteiger partial charge in [0, 0.05) is 27.2 Å². The van der Waals surface area contributed by atoms with Gasteiger partial charge in [-0.2, -0.15) is 17.6 Å². The number of amides is 2. The number of hydrogen-bond acceptors (Lipinski definition) is 6. The molecular weight excluding hydrogens is 943 g/mol. The van der Waals surface area contributed by atoms with Crippen molar-refractivity contribution >= 4 is 54.0 Å². The highest BCUT2D eigenvalue weighted by molar-refractivity contribution is 8.26. The van der Waals surface area contributed by atoms with Crippen LogP contribution in [0, 0.1) is 23.3 Å². The summed E-state index contributed by atoms with van der Waals surface area (Å²) in [5, 5.41) is 14.6. The Balaban J connectivity index is 0.000000259. The standard InChI is InChI=1S/C22H16ClF4NO2.C22H17F4NO3.Cl2OS/c23-12-19(28-21(29)20-17(24)2-1-3-18(20)25)15-6-4-13(5-7-15)14-8-10-16(11-9-14)30-22(26)27;23-17-2-1-3-18(24)20(17)21(29)27-19(12-28)15-6-4-13(5-7-15)14-8-10-16(11-9-14)30-22(25)26;1-4(2)3/h1-11,19,22H,12H2,(H,28,29);1-11,19,22,28H,12H2,(H,27,29);. The first-order valence-electron chi connectivity index (χ1n) is 18.2. The quantitative estimate of drug-likeness (QED) is 0.0569. The van der Waals surface area contributed by atoms with Gasteiger partial charge in [0.25, 0.3) is 11.8 Å². The fourth-order valence-electron chi connectivity index (χ4n) is 5.81. The second kappa shape index (κ2) is 24.9. The van der Waals surface area contributed by atoms with Gasteiger partial charge < -0.3 is 25.2 Å². The molecule has 0 heterocycles. The van der Waals surface area contributed by atoms with Crippen LogP contribution in [0.5, 0.6) is 11.5 Å². The number of carbonyl (C=O) groups is 2. The Morgan fingerprint density at radius 3 is 1.09 bits per heavy atom. The third-order valence-electron chi connectivity index (χ3n) is 8.78. The van der Waals surface area contributed by atoms with Crippen molar-refractivity contribution in [3.8, 4) is 33.8 Å². The molecule has 0 fully saturated rings. The van der Waals surface area contributed by atoms with Crippen LogP contribution in [-0.4, -0.2) is 46.8 Å². The van der Waals surface area contributed by atoms with Gasteiger partial charge in [0.1, 0.15) is 45.9 Å². The zero-order valence-electron chi connectivity index (χ0n) is 32.5. The summed E-state index contributed by atoms with van der Waals surface area (Å²) in [5.41, 5.74) is 2.81. The van der Waals surface area contributed by atoms with Gasteiger partial charge in [0.2, 0.25) is 9.23 Å². The third-order valence-corrected chi connectivity index (χ3v) is 9.09. The van der Waals surface area contributed by atoms with Gasteiger partial charge in [-0.25, -0.2) is 21.8 Å². The van der Waals surface area contributed by atoms with Crippen LogP contribution in [0.1, 0.15) is 43.9 Å². The van der Waals surface area contributed by atoms with E-state index in [1.807, 2.05) is 0 Å². The number of hydrogen-bond donors (Lipinski definition) is 3. The molecule has 6 aromatic carbocycles. The van der Waals surface area contributed by atoms with Gasteiger partial charge in [-0.15, -0.1) is 11.6 Å². The smallest absolute Gasteiger partial charge is 0.387 e. The Bertz CT molecular complexity index is 2260. The van der Waals surface area contributed by atoms with Crippen LogP contribution < -0.4 is 20.1 Å². The lowest BCUT2D eigenvalue weighted by molar-refractivity contribution is -0.0505. The molecule has 0 aromatic heterocycles. The van der Waals surface area contributed by atoms with Crippen LogP contribution in [0.2, 0.25) is 0 Å². The molecule has 0 aliphatic rings. The largest absolute Gasteiger partial charge is 0.435 e. The lowest BCUT2D eigenvalue weighted by Crippen LogP contribution is -2.32. The maximum Gasteiger partial charge on any atom is 0.387 e. The molecule has 3 N–H and O–H groups in total. The summed E-state index contributed by atoms with van der Waals surface area (Å²) in [6, 6.07) is 30.5. The van der Waals surface area contributed by atoms with Crippen LogP contribution in [0.3, 0.4) is 0 Å². The third kappa shape index (κ3) is 15.2. The minimum Gasteiger partial charge on any atom is -0.435 e. The van der Waals surface area contributed by atoms with E-state index in [-0.39, 0.29) is 17.4 Å². The predicted molar refractivity (Wildman–Crippen MR) is 228 cm³/mol. The average Bonchev–Trinajstić information content (AvgIpc) is 3.25. The molecular formula is C44H33Cl3F8N2O6S. The van der Waals surface area contributed by atoms with E-state index in [9.17, 15) is 49.8 Å². The lowest BCUT2D eigenvalue weighted by Gasteiger charge is -2.18. The van der Waals surface area contributed by atoms with Crippen LogP contribution >= 0.6 is 33.0 Å². The van der Waals surface area contributed by atoms with Gasteiger partial charge in [-0.3, -0.25) is 9.59 Å². The van der Waals surface area contributed by atoms with Crippen molar-refractivity contribution in [2.75, 3.05) is 12.5 Å². The minimum absolute atomic E-state index is 0.0131. The highest BCUT2D eigenvalue weighted by Gasteiger charge is 2.23. The zero-order valence-corrected chi connectivity index (χ0v) is 35.6. The first-order chi connectivity index (χ1) is 30.5. The van der Waals surface area contributed by atoms with Crippen molar-refractivity contribution in [2.45, 2.75) is 25.3 Å².